The van der Waals surface area contributed by atoms with Gasteiger partial charge in [-0.1, -0.05) is 17.7 Å². The second-order valence-electron chi connectivity index (χ2n) is 5.60. The summed E-state index contributed by atoms with van der Waals surface area (Å²) in [5.74, 6) is 1.52. The molecule has 0 aliphatic rings. The first-order chi connectivity index (χ1) is 12.5. The highest BCUT2D eigenvalue weighted by molar-refractivity contribution is 6.31. The number of carbonyl (C=O) groups is 1. The number of halogens is 1. The van der Waals surface area contributed by atoms with E-state index in [0.29, 0.717) is 35.2 Å². The number of hydrogen-bond acceptors (Lipinski definition) is 5. The Morgan fingerprint density at radius 1 is 1.04 bits per heavy atom. The zero-order chi connectivity index (χ0) is 19.1. The summed E-state index contributed by atoms with van der Waals surface area (Å²) in [6.07, 6.45) is 0.294. The second kappa shape index (κ2) is 9.20. The average Bonchev–Trinajstić information content (AvgIpc) is 2.63. The summed E-state index contributed by atoms with van der Waals surface area (Å²) in [5.41, 5.74) is 2.45. The van der Waals surface area contributed by atoms with Gasteiger partial charge in [-0.05, 0) is 24.6 Å². The molecule has 0 heterocycles. The summed E-state index contributed by atoms with van der Waals surface area (Å²) in [7, 11) is 4.67. The number of ether oxygens (including phenoxy) is 3. The van der Waals surface area contributed by atoms with Gasteiger partial charge in [-0.2, -0.15) is 0 Å². The summed E-state index contributed by atoms with van der Waals surface area (Å²) in [4.78, 5) is 12.1. The van der Waals surface area contributed by atoms with Crippen molar-refractivity contribution >= 4 is 28.9 Å². The van der Waals surface area contributed by atoms with E-state index in [2.05, 4.69) is 10.6 Å². The number of anilines is 2. The minimum absolute atomic E-state index is 0.102. The van der Waals surface area contributed by atoms with E-state index in [4.69, 9.17) is 25.8 Å². The lowest BCUT2D eigenvalue weighted by atomic mass is 10.2. The molecule has 0 radical (unpaired) electrons. The van der Waals surface area contributed by atoms with Crippen molar-refractivity contribution in [2.45, 2.75) is 13.3 Å². The van der Waals surface area contributed by atoms with Gasteiger partial charge in [0.15, 0.2) is 11.5 Å². The Bertz CT molecular complexity index is 755. The van der Waals surface area contributed by atoms with E-state index < -0.39 is 0 Å². The van der Waals surface area contributed by atoms with Gasteiger partial charge in [0.25, 0.3) is 0 Å². The third-order valence-corrected chi connectivity index (χ3v) is 4.05. The normalized spacial score (nSPS) is 10.2. The van der Waals surface area contributed by atoms with E-state index in [-0.39, 0.29) is 5.91 Å². The van der Waals surface area contributed by atoms with Gasteiger partial charge in [-0.3, -0.25) is 4.79 Å². The third kappa shape index (κ3) is 4.95. The van der Waals surface area contributed by atoms with Gasteiger partial charge in [-0.25, -0.2) is 0 Å². The fourth-order valence-corrected chi connectivity index (χ4v) is 2.62. The second-order valence-corrected chi connectivity index (χ2v) is 6.03. The molecule has 0 saturated heterocycles. The van der Waals surface area contributed by atoms with E-state index in [9.17, 15) is 4.79 Å². The lowest BCUT2D eigenvalue weighted by Gasteiger charge is -2.15. The fraction of sp³-hybridized carbons (Fsp3) is 0.316. The smallest absolute Gasteiger partial charge is 0.226 e. The number of amides is 1. The van der Waals surface area contributed by atoms with E-state index >= 15 is 0 Å². The zero-order valence-corrected chi connectivity index (χ0v) is 16.1. The summed E-state index contributed by atoms with van der Waals surface area (Å²) < 4.78 is 15.9. The molecule has 2 rings (SSSR count). The largest absolute Gasteiger partial charge is 0.493 e. The Morgan fingerprint density at radius 3 is 2.27 bits per heavy atom. The van der Waals surface area contributed by atoms with Crippen LogP contribution < -0.4 is 24.8 Å². The van der Waals surface area contributed by atoms with Gasteiger partial charge in [0.2, 0.25) is 11.7 Å². The van der Waals surface area contributed by atoms with Gasteiger partial charge in [-0.15, -0.1) is 0 Å². The van der Waals surface area contributed by atoms with Crippen molar-refractivity contribution in [1.29, 1.82) is 0 Å². The molecule has 0 bridgehead atoms. The number of benzene rings is 2. The van der Waals surface area contributed by atoms with Crippen LogP contribution in [0.25, 0.3) is 0 Å². The molecule has 2 N–H and O–H groups in total. The standard InChI is InChI=1S/C19H23ClN2O4/c1-12-5-6-13(20)9-15(12)22-18(23)7-8-21-14-10-16(24-2)19(26-4)17(11-14)25-3/h5-6,9-11,21H,7-8H2,1-4H3,(H,22,23). The Kier molecular flexibility index (Phi) is 6.97. The van der Waals surface area contributed by atoms with E-state index in [1.165, 1.54) is 0 Å². The van der Waals surface area contributed by atoms with Crippen molar-refractivity contribution in [1.82, 2.24) is 0 Å². The first-order valence-corrected chi connectivity index (χ1v) is 8.46. The maximum absolute atomic E-state index is 12.1. The molecule has 0 unspecified atom stereocenters. The monoisotopic (exact) mass is 378 g/mol. The minimum atomic E-state index is -0.102. The molecule has 0 saturated carbocycles. The van der Waals surface area contributed by atoms with Gasteiger partial charge in [0, 0.05) is 41.5 Å². The van der Waals surface area contributed by atoms with Crippen LogP contribution in [0, 0.1) is 6.92 Å². The molecule has 140 valence electrons. The molecule has 0 spiro atoms. The molecule has 0 aromatic heterocycles. The molecule has 7 heteroatoms. The van der Waals surface area contributed by atoms with Crippen molar-refractivity contribution in [3.05, 3.63) is 40.9 Å². The van der Waals surface area contributed by atoms with Crippen LogP contribution in [-0.2, 0) is 4.79 Å². The summed E-state index contributed by atoms with van der Waals surface area (Å²) in [6.45, 7) is 2.37. The molecule has 1 amide bonds. The van der Waals surface area contributed by atoms with Gasteiger partial charge in [0.05, 0.1) is 21.3 Å². The molecular weight excluding hydrogens is 356 g/mol. The SMILES string of the molecule is COc1cc(NCCC(=O)Nc2cc(Cl)ccc2C)cc(OC)c1OC. The number of nitrogens with one attached hydrogen (secondary N) is 2. The highest BCUT2D eigenvalue weighted by atomic mass is 35.5. The summed E-state index contributed by atoms with van der Waals surface area (Å²) in [5, 5.41) is 6.64. The summed E-state index contributed by atoms with van der Waals surface area (Å²) >= 11 is 5.97. The molecule has 0 atom stereocenters. The van der Waals surface area contributed by atoms with Crippen molar-refractivity contribution in [2.24, 2.45) is 0 Å². The third-order valence-electron chi connectivity index (χ3n) is 3.82. The Morgan fingerprint density at radius 2 is 1.69 bits per heavy atom. The van der Waals surface area contributed by atoms with E-state index in [0.717, 1.165) is 16.9 Å². The quantitative estimate of drug-likeness (QED) is 0.723. The van der Waals surface area contributed by atoms with Crippen molar-refractivity contribution < 1.29 is 19.0 Å². The Labute approximate surface area is 158 Å². The van der Waals surface area contributed by atoms with Crippen LogP contribution in [0.5, 0.6) is 17.2 Å². The molecule has 0 aliphatic heterocycles. The molecular formula is C19H23ClN2O4. The number of carbonyl (C=O) groups excluding carboxylic acids is 1. The van der Waals surface area contributed by atoms with Crippen LogP contribution in [0.1, 0.15) is 12.0 Å². The average molecular weight is 379 g/mol. The molecule has 0 aliphatic carbocycles. The maximum atomic E-state index is 12.1. The highest BCUT2D eigenvalue weighted by Crippen LogP contribution is 2.39. The predicted molar refractivity (Wildman–Crippen MR) is 104 cm³/mol. The number of hydrogen-bond donors (Lipinski definition) is 2. The van der Waals surface area contributed by atoms with Crippen LogP contribution in [-0.4, -0.2) is 33.8 Å². The Hall–Kier alpha value is -2.60. The Balaban J connectivity index is 1.96. The van der Waals surface area contributed by atoms with Gasteiger partial charge >= 0.3 is 0 Å². The zero-order valence-electron chi connectivity index (χ0n) is 15.3. The predicted octanol–water partition coefficient (Wildman–Crippen LogP) is 4.11. The van der Waals surface area contributed by atoms with Gasteiger partial charge < -0.3 is 24.8 Å². The minimum Gasteiger partial charge on any atom is -0.493 e. The topological polar surface area (TPSA) is 68.8 Å². The molecule has 2 aromatic carbocycles. The number of methoxy groups -OCH3 is 3. The van der Waals surface area contributed by atoms with Crippen LogP contribution in [0.3, 0.4) is 0 Å². The van der Waals surface area contributed by atoms with E-state index in [1.54, 1.807) is 45.6 Å². The molecule has 0 fully saturated rings. The first-order valence-electron chi connectivity index (χ1n) is 8.08. The maximum Gasteiger partial charge on any atom is 0.226 e. The first kappa shape index (κ1) is 19.7. The van der Waals surface area contributed by atoms with Crippen LogP contribution in [0.2, 0.25) is 5.02 Å². The molecule has 26 heavy (non-hydrogen) atoms. The van der Waals surface area contributed by atoms with E-state index in [1.807, 2.05) is 13.0 Å². The van der Waals surface area contributed by atoms with Crippen LogP contribution in [0.4, 0.5) is 11.4 Å². The lowest BCUT2D eigenvalue weighted by Crippen LogP contribution is -2.17. The fourth-order valence-electron chi connectivity index (χ4n) is 2.45. The molecule has 6 nitrogen and oxygen atoms in total. The van der Waals surface area contributed by atoms with Crippen molar-refractivity contribution in [3.8, 4) is 17.2 Å². The van der Waals surface area contributed by atoms with Crippen molar-refractivity contribution in [2.75, 3.05) is 38.5 Å². The lowest BCUT2D eigenvalue weighted by molar-refractivity contribution is -0.115. The molecule has 2 aromatic rings. The highest BCUT2D eigenvalue weighted by Gasteiger charge is 2.13. The van der Waals surface area contributed by atoms with Gasteiger partial charge in [0.1, 0.15) is 0 Å². The van der Waals surface area contributed by atoms with Crippen molar-refractivity contribution in [3.63, 3.8) is 0 Å². The number of rotatable bonds is 8. The summed E-state index contributed by atoms with van der Waals surface area (Å²) in [6, 6.07) is 8.98. The number of aryl methyl sites for hydroxylation is 1. The van der Waals surface area contributed by atoms with Crippen LogP contribution in [0.15, 0.2) is 30.3 Å². The van der Waals surface area contributed by atoms with Crippen LogP contribution >= 0.6 is 11.6 Å².